The topological polar surface area (TPSA) is 0 Å². The quantitative estimate of drug-likeness (QED) is 0.689. The maximum Gasteiger partial charge on any atom is 0.416 e. The van der Waals surface area contributed by atoms with E-state index >= 15 is 0 Å². The van der Waals surface area contributed by atoms with E-state index in [2.05, 4.69) is 15.9 Å². The molecule has 0 heterocycles. The molecule has 0 spiro atoms. The summed E-state index contributed by atoms with van der Waals surface area (Å²) in [6.45, 7) is 1.97. The van der Waals surface area contributed by atoms with E-state index < -0.39 is 11.7 Å². The summed E-state index contributed by atoms with van der Waals surface area (Å²) in [5, 5.41) is 0. The van der Waals surface area contributed by atoms with Crippen molar-refractivity contribution in [2.75, 3.05) is 0 Å². The Hall–Kier alpha value is -0.510. The lowest BCUT2D eigenvalue weighted by atomic mass is 10.1. The Morgan fingerprint density at radius 2 is 1.71 bits per heavy atom. The van der Waals surface area contributed by atoms with Gasteiger partial charge in [-0.2, -0.15) is 13.2 Å². The summed E-state index contributed by atoms with van der Waals surface area (Å²) in [5.74, 6) is 0. The van der Waals surface area contributed by atoms with Crippen LogP contribution >= 0.6 is 15.9 Å². The van der Waals surface area contributed by atoms with Crippen LogP contribution in [0.4, 0.5) is 13.2 Å². The van der Waals surface area contributed by atoms with Crippen LogP contribution in [0.2, 0.25) is 0 Å². The van der Waals surface area contributed by atoms with Crippen LogP contribution in [-0.2, 0) is 6.18 Å². The van der Waals surface area contributed by atoms with E-state index in [4.69, 9.17) is 0 Å². The summed E-state index contributed by atoms with van der Waals surface area (Å²) in [6, 6.07) is 5.23. The highest BCUT2D eigenvalue weighted by Crippen LogP contribution is 2.32. The number of rotatable bonds is 2. The van der Waals surface area contributed by atoms with Crippen molar-refractivity contribution in [3.8, 4) is 0 Å². The summed E-state index contributed by atoms with van der Waals surface area (Å²) in [4.78, 5) is 0.129. The molecular formula is C10H10BrF3. The monoisotopic (exact) mass is 266 g/mol. The first-order chi connectivity index (χ1) is 6.45. The lowest BCUT2D eigenvalue weighted by Crippen LogP contribution is -2.04. The molecule has 0 N–H and O–H groups in total. The summed E-state index contributed by atoms with van der Waals surface area (Å²) in [5.41, 5.74) is 0.276. The maximum absolute atomic E-state index is 12.2. The molecule has 1 rings (SSSR count). The minimum absolute atomic E-state index is 0.129. The summed E-state index contributed by atoms with van der Waals surface area (Å²) in [7, 11) is 0. The zero-order valence-electron chi connectivity index (χ0n) is 7.61. The molecule has 1 aromatic rings. The van der Waals surface area contributed by atoms with Crippen molar-refractivity contribution in [1.29, 1.82) is 0 Å². The van der Waals surface area contributed by atoms with Gasteiger partial charge in [0, 0.05) is 4.83 Å². The van der Waals surface area contributed by atoms with Crippen LogP contribution in [0.3, 0.4) is 0 Å². The molecule has 4 heteroatoms. The lowest BCUT2D eigenvalue weighted by Gasteiger charge is -2.10. The van der Waals surface area contributed by atoms with Gasteiger partial charge in [-0.25, -0.2) is 0 Å². The maximum atomic E-state index is 12.2. The van der Waals surface area contributed by atoms with Crippen molar-refractivity contribution in [2.24, 2.45) is 0 Å². The molecule has 0 bridgehead atoms. The molecule has 0 aromatic heterocycles. The molecule has 0 aliphatic carbocycles. The molecule has 0 aliphatic heterocycles. The van der Waals surface area contributed by atoms with Crippen LogP contribution in [0.15, 0.2) is 24.3 Å². The van der Waals surface area contributed by atoms with Crippen LogP contribution in [-0.4, -0.2) is 0 Å². The van der Waals surface area contributed by atoms with Gasteiger partial charge in [-0.3, -0.25) is 0 Å². The normalized spacial score (nSPS) is 14.1. The second-order valence-electron chi connectivity index (χ2n) is 3.00. The minimum atomic E-state index is -4.24. The molecule has 0 saturated carbocycles. The Kier molecular flexibility index (Phi) is 3.59. The average Bonchev–Trinajstić information content (AvgIpc) is 2.15. The van der Waals surface area contributed by atoms with Crippen molar-refractivity contribution >= 4 is 15.9 Å². The van der Waals surface area contributed by atoms with Gasteiger partial charge in [0.15, 0.2) is 0 Å². The molecule has 1 unspecified atom stereocenters. The Morgan fingerprint density at radius 3 is 2.07 bits per heavy atom. The van der Waals surface area contributed by atoms with Crippen molar-refractivity contribution < 1.29 is 13.2 Å². The van der Waals surface area contributed by atoms with Gasteiger partial charge >= 0.3 is 6.18 Å². The van der Waals surface area contributed by atoms with Crippen LogP contribution in [0.25, 0.3) is 0 Å². The van der Waals surface area contributed by atoms with E-state index in [0.717, 1.165) is 24.1 Å². The highest BCUT2D eigenvalue weighted by atomic mass is 79.9. The smallest absolute Gasteiger partial charge is 0.166 e. The zero-order chi connectivity index (χ0) is 10.8. The SMILES string of the molecule is CCC(Br)c1ccc(C(F)(F)F)cc1. The molecule has 0 saturated heterocycles. The standard InChI is InChI=1S/C10H10BrF3/c1-2-9(11)7-3-5-8(6-4-7)10(12,13)14/h3-6,9H,2H2,1H3. The fraction of sp³-hybridized carbons (Fsp3) is 0.400. The molecule has 0 radical (unpaired) electrons. The van der Waals surface area contributed by atoms with Crippen molar-refractivity contribution in [2.45, 2.75) is 24.3 Å². The highest BCUT2D eigenvalue weighted by molar-refractivity contribution is 9.09. The molecule has 0 nitrogen and oxygen atoms in total. The molecule has 0 amide bonds. The van der Waals surface area contributed by atoms with E-state index in [1.54, 1.807) is 0 Å². The van der Waals surface area contributed by atoms with Crippen molar-refractivity contribution in [3.63, 3.8) is 0 Å². The number of hydrogen-bond donors (Lipinski definition) is 0. The van der Waals surface area contributed by atoms with Crippen LogP contribution in [0, 0.1) is 0 Å². The first-order valence-corrected chi connectivity index (χ1v) is 5.18. The third-order valence-electron chi connectivity index (χ3n) is 1.96. The Bertz CT molecular complexity index is 289. The van der Waals surface area contributed by atoms with Gasteiger partial charge in [0.2, 0.25) is 0 Å². The van der Waals surface area contributed by atoms with Gasteiger partial charge in [-0.15, -0.1) is 0 Å². The largest absolute Gasteiger partial charge is 0.416 e. The Morgan fingerprint density at radius 1 is 1.21 bits per heavy atom. The molecule has 0 fully saturated rings. The van der Waals surface area contributed by atoms with Crippen LogP contribution in [0.1, 0.15) is 29.3 Å². The minimum Gasteiger partial charge on any atom is -0.166 e. The van der Waals surface area contributed by atoms with Crippen molar-refractivity contribution in [1.82, 2.24) is 0 Å². The fourth-order valence-corrected chi connectivity index (χ4v) is 1.42. The number of alkyl halides is 4. The Labute approximate surface area is 89.3 Å². The van der Waals surface area contributed by atoms with Gasteiger partial charge in [0.05, 0.1) is 5.56 Å². The highest BCUT2D eigenvalue weighted by Gasteiger charge is 2.30. The third kappa shape index (κ3) is 2.74. The molecule has 1 atom stereocenters. The van der Waals surface area contributed by atoms with Gasteiger partial charge in [0.25, 0.3) is 0 Å². The number of halogens is 4. The van der Waals surface area contributed by atoms with E-state index in [0.29, 0.717) is 0 Å². The van der Waals surface area contributed by atoms with E-state index in [1.165, 1.54) is 12.1 Å². The fourth-order valence-electron chi connectivity index (χ4n) is 1.12. The zero-order valence-corrected chi connectivity index (χ0v) is 9.19. The first kappa shape index (κ1) is 11.6. The van der Waals surface area contributed by atoms with E-state index in [1.807, 2.05) is 6.92 Å². The summed E-state index contributed by atoms with van der Waals surface area (Å²) in [6.07, 6.45) is -3.39. The first-order valence-electron chi connectivity index (χ1n) is 4.26. The van der Waals surface area contributed by atoms with Crippen LogP contribution in [0.5, 0.6) is 0 Å². The molecule has 1 aromatic carbocycles. The van der Waals surface area contributed by atoms with Gasteiger partial charge in [-0.1, -0.05) is 35.0 Å². The van der Waals surface area contributed by atoms with E-state index in [-0.39, 0.29) is 4.83 Å². The van der Waals surface area contributed by atoms with E-state index in [9.17, 15) is 13.2 Å². The summed E-state index contributed by atoms with van der Waals surface area (Å²) >= 11 is 3.38. The molecule has 0 aliphatic rings. The molecule has 78 valence electrons. The van der Waals surface area contributed by atoms with Gasteiger partial charge in [0.1, 0.15) is 0 Å². The third-order valence-corrected chi connectivity index (χ3v) is 3.13. The Balaban J connectivity index is 2.89. The van der Waals surface area contributed by atoms with Crippen molar-refractivity contribution in [3.05, 3.63) is 35.4 Å². The van der Waals surface area contributed by atoms with Gasteiger partial charge in [-0.05, 0) is 24.1 Å². The summed E-state index contributed by atoms with van der Waals surface area (Å²) < 4.78 is 36.6. The number of hydrogen-bond acceptors (Lipinski definition) is 0. The molecule has 14 heavy (non-hydrogen) atoms. The molecular weight excluding hydrogens is 257 g/mol. The average molecular weight is 267 g/mol. The number of benzene rings is 1. The predicted octanol–water partition coefficient (Wildman–Crippen LogP) is 4.55. The second kappa shape index (κ2) is 4.34. The lowest BCUT2D eigenvalue weighted by molar-refractivity contribution is -0.137. The predicted molar refractivity (Wildman–Crippen MR) is 53.4 cm³/mol. The van der Waals surface area contributed by atoms with Crippen LogP contribution < -0.4 is 0 Å². The van der Waals surface area contributed by atoms with Gasteiger partial charge < -0.3 is 0 Å². The second-order valence-corrected chi connectivity index (χ2v) is 4.10.